The van der Waals surface area contributed by atoms with Crippen LogP contribution in [0.15, 0.2) is 60.8 Å². The van der Waals surface area contributed by atoms with Crippen molar-refractivity contribution in [1.82, 2.24) is 24.9 Å². The molecule has 0 fully saturated rings. The summed E-state index contributed by atoms with van der Waals surface area (Å²) in [5.74, 6) is -0.130. The van der Waals surface area contributed by atoms with Crippen LogP contribution in [-0.2, 0) is 13.0 Å². The molecule has 2 aromatic heterocycles. The van der Waals surface area contributed by atoms with Gasteiger partial charge in [-0.05, 0) is 69.0 Å². The number of nitrogens with zero attached hydrogens (tertiary/aromatic N) is 5. The van der Waals surface area contributed by atoms with E-state index in [9.17, 15) is 14.9 Å². The van der Waals surface area contributed by atoms with Gasteiger partial charge in [0, 0.05) is 18.3 Å². The molecule has 0 bridgehead atoms. The maximum absolute atomic E-state index is 12.5. The van der Waals surface area contributed by atoms with Gasteiger partial charge in [-0.2, -0.15) is 10.2 Å². The van der Waals surface area contributed by atoms with E-state index in [4.69, 9.17) is 0 Å². The van der Waals surface area contributed by atoms with Gasteiger partial charge >= 0.3 is 5.69 Å². The highest BCUT2D eigenvalue weighted by atomic mass is 16.6. The number of nitrogens with one attached hydrogen (secondary N) is 1. The average Bonchev–Trinajstić information content (AvgIpc) is 3.35. The first-order valence-corrected chi connectivity index (χ1v) is 11.5. The van der Waals surface area contributed by atoms with Crippen molar-refractivity contribution in [3.8, 4) is 5.69 Å². The van der Waals surface area contributed by atoms with Gasteiger partial charge in [-0.1, -0.05) is 30.3 Å². The Balaban J connectivity index is 1.28. The predicted molar refractivity (Wildman–Crippen MR) is 133 cm³/mol. The minimum atomic E-state index is -0.405. The minimum Gasteiger partial charge on any atom is -0.352 e. The van der Waals surface area contributed by atoms with Gasteiger partial charge in [0.1, 0.15) is 11.4 Å². The molecule has 9 nitrogen and oxygen atoms in total. The van der Waals surface area contributed by atoms with Crippen molar-refractivity contribution in [2.75, 3.05) is 6.54 Å². The molecule has 0 saturated carbocycles. The molecule has 1 amide bonds. The highest BCUT2D eigenvalue weighted by molar-refractivity contribution is 5.94. The molecule has 0 atom stereocenters. The lowest BCUT2D eigenvalue weighted by molar-refractivity contribution is -0.386. The van der Waals surface area contributed by atoms with Crippen molar-refractivity contribution in [3.05, 3.63) is 105 Å². The molecule has 0 aliphatic rings. The Bertz CT molecular complexity index is 1340. The van der Waals surface area contributed by atoms with Crippen LogP contribution in [0.25, 0.3) is 5.69 Å². The van der Waals surface area contributed by atoms with Gasteiger partial charge < -0.3 is 5.32 Å². The first kappa shape index (κ1) is 23.9. The largest absolute Gasteiger partial charge is 0.352 e. The van der Waals surface area contributed by atoms with Gasteiger partial charge in [0.2, 0.25) is 0 Å². The van der Waals surface area contributed by atoms with Crippen LogP contribution in [0, 0.1) is 30.9 Å². The maximum Gasteiger partial charge on any atom is 0.312 e. The summed E-state index contributed by atoms with van der Waals surface area (Å²) in [6.45, 7) is 6.28. The zero-order valence-corrected chi connectivity index (χ0v) is 20.1. The molecular weight excluding hydrogens is 444 g/mol. The van der Waals surface area contributed by atoms with E-state index in [1.54, 1.807) is 30.7 Å². The van der Waals surface area contributed by atoms with Gasteiger partial charge in [-0.3, -0.25) is 19.6 Å². The SMILES string of the molecule is Cc1nn(-c2ccccc2)cc1CCCNC(=O)c1ccc(Cn2nc(C)c([N+](=O)[O-])c2C)cc1. The number of carbonyl (C=O) groups is 1. The molecule has 4 aromatic rings. The summed E-state index contributed by atoms with van der Waals surface area (Å²) >= 11 is 0. The highest BCUT2D eigenvalue weighted by Crippen LogP contribution is 2.22. The van der Waals surface area contributed by atoms with Gasteiger partial charge in [0.15, 0.2) is 0 Å². The van der Waals surface area contributed by atoms with Gasteiger partial charge in [0.25, 0.3) is 5.91 Å². The Morgan fingerprint density at radius 2 is 1.71 bits per heavy atom. The third-order valence-corrected chi connectivity index (χ3v) is 6.00. The van der Waals surface area contributed by atoms with Crippen LogP contribution in [0.5, 0.6) is 0 Å². The fourth-order valence-corrected chi connectivity index (χ4v) is 4.08. The second-order valence-electron chi connectivity index (χ2n) is 8.51. The second kappa shape index (κ2) is 10.3. The monoisotopic (exact) mass is 472 g/mol. The van der Waals surface area contributed by atoms with E-state index < -0.39 is 4.92 Å². The number of hydrogen-bond donors (Lipinski definition) is 1. The van der Waals surface area contributed by atoms with Crippen molar-refractivity contribution in [1.29, 1.82) is 0 Å². The first-order chi connectivity index (χ1) is 16.8. The molecule has 0 aliphatic carbocycles. The summed E-state index contributed by atoms with van der Waals surface area (Å²) in [7, 11) is 0. The van der Waals surface area contributed by atoms with Crippen molar-refractivity contribution < 1.29 is 9.72 Å². The third-order valence-electron chi connectivity index (χ3n) is 6.00. The quantitative estimate of drug-likeness (QED) is 0.222. The molecule has 0 saturated heterocycles. The number of rotatable bonds is 9. The van der Waals surface area contributed by atoms with E-state index in [-0.39, 0.29) is 11.6 Å². The molecule has 0 radical (unpaired) electrons. The van der Waals surface area contributed by atoms with Crippen molar-refractivity contribution in [2.24, 2.45) is 0 Å². The van der Waals surface area contributed by atoms with E-state index in [2.05, 4.69) is 15.5 Å². The Kier molecular flexibility index (Phi) is 7.05. The Labute approximate surface area is 203 Å². The Morgan fingerprint density at radius 1 is 1.00 bits per heavy atom. The van der Waals surface area contributed by atoms with E-state index in [0.717, 1.165) is 35.3 Å². The first-order valence-electron chi connectivity index (χ1n) is 11.5. The van der Waals surface area contributed by atoms with Crippen LogP contribution in [-0.4, -0.2) is 36.9 Å². The number of para-hydroxylation sites is 1. The molecular formula is C26H28N6O3. The van der Waals surface area contributed by atoms with Crippen molar-refractivity contribution in [2.45, 2.75) is 40.2 Å². The number of amides is 1. The summed E-state index contributed by atoms with van der Waals surface area (Å²) in [5.41, 5.74) is 5.61. The number of nitro groups is 1. The summed E-state index contributed by atoms with van der Waals surface area (Å²) in [6, 6.07) is 17.2. The zero-order chi connectivity index (χ0) is 24.9. The number of hydrogen-bond acceptors (Lipinski definition) is 5. The highest BCUT2D eigenvalue weighted by Gasteiger charge is 2.21. The van der Waals surface area contributed by atoms with Gasteiger partial charge in [-0.15, -0.1) is 0 Å². The van der Waals surface area contributed by atoms with E-state index in [1.165, 1.54) is 0 Å². The van der Waals surface area contributed by atoms with Crippen molar-refractivity contribution >= 4 is 11.6 Å². The van der Waals surface area contributed by atoms with Crippen LogP contribution in [0.3, 0.4) is 0 Å². The lowest BCUT2D eigenvalue weighted by Crippen LogP contribution is -2.24. The topological polar surface area (TPSA) is 108 Å². The number of aromatic nitrogens is 4. The fourth-order valence-electron chi connectivity index (χ4n) is 4.08. The lowest BCUT2D eigenvalue weighted by atomic mass is 10.1. The maximum atomic E-state index is 12.5. The summed E-state index contributed by atoms with van der Waals surface area (Å²) < 4.78 is 3.50. The molecule has 1 N–H and O–H groups in total. The Hall–Kier alpha value is -4.27. The van der Waals surface area contributed by atoms with E-state index >= 15 is 0 Å². The van der Waals surface area contributed by atoms with Crippen LogP contribution >= 0.6 is 0 Å². The Morgan fingerprint density at radius 3 is 2.37 bits per heavy atom. The van der Waals surface area contributed by atoms with E-state index in [0.29, 0.717) is 30.0 Å². The second-order valence-corrected chi connectivity index (χ2v) is 8.51. The fraction of sp³-hybridized carbons (Fsp3) is 0.269. The molecule has 0 aliphatic heterocycles. The average molecular weight is 473 g/mol. The molecule has 0 unspecified atom stereocenters. The van der Waals surface area contributed by atoms with Crippen LogP contribution < -0.4 is 5.32 Å². The zero-order valence-electron chi connectivity index (χ0n) is 20.1. The normalized spacial score (nSPS) is 10.9. The third kappa shape index (κ3) is 5.46. The molecule has 9 heteroatoms. The minimum absolute atomic E-state index is 0.0450. The molecule has 2 heterocycles. The molecule has 35 heavy (non-hydrogen) atoms. The summed E-state index contributed by atoms with van der Waals surface area (Å²) in [4.78, 5) is 23.3. The molecule has 2 aromatic carbocycles. The van der Waals surface area contributed by atoms with Crippen LogP contribution in [0.1, 0.15) is 45.0 Å². The number of carbonyl (C=O) groups excluding carboxylic acids is 1. The van der Waals surface area contributed by atoms with Gasteiger partial charge in [-0.25, -0.2) is 4.68 Å². The van der Waals surface area contributed by atoms with E-state index in [1.807, 2.05) is 60.3 Å². The van der Waals surface area contributed by atoms with Crippen molar-refractivity contribution in [3.63, 3.8) is 0 Å². The molecule has 4 rings (SSSR count). The summed E-state index contributed by atoms with van der Waals surface area (Å²) in [5, 5.41) is 23.0. The summed E-state index contributed by atoms with van der Waals surface area (Å²) in [6.07, 6.45) is 3.68. The number of benzene rings is 2. The number of aryl methyl sites for hydroxylation is 3. The van der Waals surface area contributed by atoms with Crippen LogP contribution in [0.4, 0.5) is 5.69 Å². The lowest BCUT2D eigenvalue weighted by Gasteiger charge is -2.07. The smallest absolute Gasteiger partial charge is 0.312 e. The van der Waals surface area contributed by atoms with Gasteiger partial charge in [0.05, 0.1) is 22.8 Å². The molecule has 180 valence electrons. The molecule has 0 spiro atoms. The van der Waals surface area contributed by atoms with Crippen LogP contribution in [0.2, 0.25) is 0 Å². The predicted octanol–water partition coefficient (Wildman–Crippen LogP) is 4.31. The standard InChI is InChI=1S/C26H28N6O3/c1-18-23(17-31(28-18)24-9-5-4-6-10-24)8-7-15-27-26(33)22-13-11-21(12-14-22)16-30-20(3)25(32(34)35)19(2)29-30/h4-6,9-14,17H,7-8,15-16H2,1-3H3,(H,27,33).